The number of amides is 1. The third-order valence-corrected chi connectivity index (χ3v) is 7.14. The van der Waals surface area contributed by atoms with E-state index >= 15 is 0 Å². The summed E-state index contributed by atoms with van der Waals surface area (Å²) >= 11 is 1.81. The van der Waals surface area contributed by atoms with Gasteiger partial charge in [0.15, 0.2) is 0 Å². The number of para-hydroxylation sites is 1. The van der Waals surface area contributed by atoms with Gasteiger partial charge in [-0.05, 0) is 35.5 Å². The number of benzene rings is 1. The third-order valence-electron chi connectivity index (χ3n) is 6.38. The van der Waals surface area contributed by atoms with Gasteiger partial charge in [-0.1, -0.05) is 32.0 Å². The lowest BCUT2D eigenvalue weighted by Crippen LogP contribution is -2.23. The molecule has 3 aromatic heterocycles. The van der Waals surface area contributed by atoms with Crippen molar-refractivity contribution in [1.82, 2.24) is 30.2 Å². The zero-order valence-corrected chi connectivity index (χ0v) is 21.8. The summed E-state index contributed by atoms with van der Waals surface area (Å²) in [7, 11) is 1.65. The lowest BCUT2D eigenvalue weighted by atomic mass is 9.86. The molecule has 1 aromatic carbocycles. The van der Waals surface area contributed by atoms with Crippen LogP contribution >= 0.6 is 11.8 Å². The number of anilines is 1. The summed E-state index contributed by atoms with van der Waals surface area (Å²) < 4.78 is 0. The zero-order chi connectivity index (χ0) is 25.5. The minimum absolute atomic E-state index is 0.108. The number of nitrogens with zero attached hydrogens (tertiary/aromatic N) is 5. The predicted molar refractivity (Wildman–Crippen MR) is 146 cm³/mol. The van der Waals surface area contributed by atoms with Gasteiger partial charge in [0.2, 0.25) is 0 Å². The lowest BCUT2D eigenvalue weighted by Gasteiger charge is -2.25. The summed E-state index contributed by atoms with van der Waals surface area (Å²) in [6, 6.07) is 9.78. The molecule has 3 heterocycles. The minimum Gasteiger partial charge on any atom is -0.370 e. The maximum absolute atomic E-state index is 12.4. The number of aromatic nitrogens is 5. The smallest absolute Gasteiger partial charge is 0.251 e. The van der Waals surface area contributed by atoms with Crippen molar-refractivity contribution in [2.45, 2.75) is 26.2 Å². The molecule has 0 bridgehead atoms. The Labute approximate surface area is 215 Å². The van der Waals surface area contributed by atoms with E-state index < -0.39 is 0 Å². The van der Waals surface area contributed by atoms with Crippen LogP contribution in [0.4, 0.5) is 5.82 Å². The first-order valence-electron chi connectivity index (χ1n) is 12.0. The van der Waals surface area contributed by atoms with Crippen molar-refractivity contribution < 1.29 is 4.79 Å². The van der Waals surface area contributed by atoms with Crippen LogP contribution in [0.3, 0.4) is 0 Å². The van der Waals surface area contributed by atoms with Gasteiger partial charge >= 0.3 is 0 Å². The first-order chi connectivity index (χ1) is 17.5. The Balaban J connectivity index is 1.56. The van der Waals surface area contributed by atoms with E-state index in [-0.39, 0.29) is 11.8 Å². The number of aryl methyl sites for hydroxylation is 1. The van der Waals surface area contributed by atoms with Gasteiger partial charge in [0.25, 0.3) is 5.91 Å². The van der Waals surface area contributed by atoms with Crippen LogP contribution in [0.2, 0.25) is 0 Å². The highest BCUT2D eigenvalue weighted by molar-refractivity contribution is 7.98. The van der Waals surface area contributed by atoms with Crippen molar-refractivity contribution in [3.63, 3.8) is 0 Å². The Bertz CT molecular complexity index is 1330. The molecular weight excluding hydrogens is 470 g/mol. The molecule has 0 saturated heterocycles. The van der Waals surface area contributed by atoms with Crippen LogP contribution in [-0.2, 0) is 6.42 Å². The van der Waals surface area contributed by atoms with Crippen molar-refractivity contribution >= 4 is 34.4 Å². The summed E-state index contributed by atoms with van der Waals surface area (Å²) in [4.78, 5) is 34.6. The Hall–Kier alpha value is -3.59. The normalized spacial score (nSPS) is 12.8. The van der Waals surface area contributed by atoms with Crippen molar-refractivity contribution in [3.05, 3.63) is 72.2 Å². The molecule has 36 heavy (non-hydrogen) atoms. The van der Waals surface area contributed by atoms with Crippen LogP contribution in [0.1, 0.15) is 41.5 Å². The molecule has 186 valence electrons. The number of nitrogens with one attached hydrogen (secondary N) is 2. The molecule has 2 unspecified atom stereocenters. The molecule has 0 spiro atoms. The average Bonchev–Trinajstić information content (AvgIpc) is 2.94. The highest BCUT2D eigenvalue weighted by Gasteiger charge is 2.22. The van der Waals surface area contributed by atoms with Crippen LogP contribution < -0.4 is 10.6 Å². The molecule has 0 radical (unpaired) electrons. The van der Waals surface area contributed by atoms with Crippen molar-refractivity contribution in [1.29, 1.82) is 0 Å². The van der Waals surface area contributed by atoms with Gasteiger partial charge in [-0.2, -0.15) is 11.8 Å². The average molecular weight is 502 g/mol. The van der Waals surface area contributed by atoms with E-state index in [0.717, 1.165) is 58.1 Å². The second kappa shape index (κ2) is 11.9. The number of hydrogen-bond acceptors (Lipinski definition) is 8. The lowest BCUT2D eigenvalue weighted by molar-refractivity contribution is 0.0964. The van der Waals surface area contributed by atoms with E-state index in [1.165, 1.54) is 0 Å². The predicted octanol–water partition coefficient (Wildman–Crippen LogP) is 4.60. The van der Waals surface area contributed by atoms with Gasteiger partial charge in [-0.3, -0.25) is 9.78 Å². The molecule has 2 atom stereocenters. The minimum atomic E-state index is -0.108. The topological polar surface area (TPSA) is 106 Å². The van der Waals surface area contributed by atoms with Crippen molar-refractivity contribution in [2.75, 3.05) is 30.9 Å². The van der Waals surface area contributed by atoms with Crippen molar-refractivity contribution in [2.24, 2.45) is 5.92 Å². The molecular formula is C27H31N7OS. The summed E-state index contributed by atoms with van der Waals surface area (Å²) in [5.74, 6) is 2.94. The molecule has 2 N–H and O–H groups in total. The molecule has 0 aliphatic heterocycles. The Morgan fingerprint density at radius 2 is 1.89 bits per heavy atom. The van der Waals surface area contributed by atoms with Gasteiger partial charge in [0, 0.05) is 55.6 Å². The van der Waals surface area contributed by atoms with E-state index in [4.69, 9.17) is 0 Å². The van der Waals surface area contributed by atoms with Crippen LogP contribution in [0, 0.1) is 5.92 Å². The molecule has 9 heteroatoms. The van der Waals surface area contributed by atoms with Gasteiger partial charge in [0.05, 0.1) is 16.8 Å². The fourth-order valence-electron chi connectivity index (χ4n) is 4.26. The Morgan fingerprint density at radius 3 is 2.61 bits per heavy atom. The Morgan fingerprint density at radius 1 is 1.08 bits per heavy atom. The zero-order valence-electron chi connectivity index (χ0n) is 21.0. The molecule has 0 aliphatic carbocycles. The number of rotatable bonds is 10. The van der Waals surface area contributed by atoms with Gasteiger partial charge in [-0.25, -0.2) is 19.9 Å². The molecule has 0 fully saturated rings. The summed E-state index contributed by atoms with van der Waals surface area (Å²) in [6.07, 6.45) is 9.80. The second-order valence-corrected chi connectivity index (χ2v) is 9.51. The summed E-state index contributed by atoms with van der Waals surface area (Å²) in [5, 5.41) is 7.10. The van der Waals surface area contributed by atoms with E-state index in [1.807, 2.05) is 36.9 Å². The summed E-state index contributed by atoms with van der Waals surface area (Å²) in [6.45, 7) is 4.99. The van der Waals surface area contributed by atoms with Crippen LogP contribution in [0.25, 0.3) is 22.2 Å². The molecule has 8 nitrogen and oxygen atoms in total. The maximum atomic E-state index is 12.4. The standard InChI is InChI=1S/C27H31N7OS/c1-5-24-30-12-18(13-31-24)23-11-25(34-16-33-23)32-14-19(15-36-4)17(2)20-7-6-8-21-22(27(35)28-3)9-10-29-26(20)21/h6-13,16-17,19H,5,14-15H2,1-4H3,(H,28,35)(H,32,33,34). The number of pyridine rings is 1. The summed E-state index contributed by atoms with van der Waals surface area (Å²) in [5.41, 5.74) is 4.29. The number of thioether (sulfide) groups is 1. The molecule has 0 aliphatic rings. The van der Waals surface area contributed by atoms with E-state index in [1.54, 1.807) is 38.0 Å². The quantitative estimate of drug-likeness (QED) is 0.325. The number of carbonyl (C=O) groups excluding carboxylic acids is 1. The van der Waals surface area contributed by atoms with E-state index in [0.29, 0.717) is 11.5 Å². The first kappa shape index (κ1) is 25.5. The van der Waals surface area contributed by atoms with Gasteiger partial charge in [0.1, 0.15) is 18.0 Å². The molecule has 0 saturated carbocycles. The van der Waals surface area contributed by atoms with E-state index in [2.05, 4.69) is 54.8 Å². The van der Waals surface area contributed by atoms with Crippen LogP contribution in [0.5, 0.6) is 0 Å². The van der Waals surface area contributed by atoms with E-state index in [9.17, 15) is 4.79 Å². The number of hydrogen-bond donors (Lipinski definition) is 2. The third kappa shape index (κ3) is 5.62. The Kier molecular flexibility index (Phi) is 8.43. The second-order valence-electron chi connectivity index (χ2n) is 8.60. The van der Waals surface area contributed by atoms with Gasteiger partial charge in [-0.15, -0.1) is 0 Å². The molecule has 4 rings (SSSR count). The molecule has 4 aromatic rings. The largest absolute Gasteiger partial charge is 0.370 e. The highest BCUT2D eigenvalue weighted by Crippen LogP contribution is 2.32. The SMILES string of the molecule is CCc1ncc(-c2cc(NCC(CSC)C(C)c3cccc4c(C(=O)NC)ccnc34)ncn2)cn1. The fourth-order valence-corrected chi connectivity index (χ4v) is 5.10. The highest BCUT2D eigenvalue weighted by atomic mass is 32.2. The molecule has 1 amide bonds. The van der Waals surface area contributed by atoms with Crippen LogP contribution in [-0.4, -0.2) is 56.4 Å². The van der Waals surface area contributed by atoms with Crippen LogP contribution in [0.15, 0.2) is 55.2 Å². The van der Waals surface area contributed by atoms with Gasteiger partial charge < -0.3 is 10.6 Å². The number of fused-ring (bicyclic) bond motifs is 1. The maximum Gasteiger partial charge on any atom is 0.251 e. The number of carbonyl (C=O) groups is 1. The monoisotopic (exact) mass is 501 g/mol. The first-order valence-corrected chi connectivity index (χ1v) is 13.4. The fraction of sp³-hybridized carbons (Fsp3) is 0.333. The van der Waals surface area contributed by atoms with Crippen molar-refractivity contribution in [3.8, 4) is 11.3 Å².